The van der Waals surface area contributed by atoms with Crippen LogP contribution in [0.25, 0.3) is 6.08 Å². The van der Waals surface area contributed by atoms with Gasteiger partial charge in [-0.2, -0.15) is 0 Å². The second-order valence-corrected chi connectivity index (χ2v) is 10.5. The van der Waals surface area contributed by atoms with Crippen LogP contribution in [0.4, 0.5) is 0 Å². The highest BCUT2D eigenvalue weighted by Gasteiger charge is 2.30. The number of phenols is 1. The first-order chi connectivity index (χ1) is 21.8. The number of carbonyl (C=O) groups is 4. The van der Waals surface area contributed by atoms with E-state index in [1.54, 1.807) is 42.5 Å². The van der Waals surface area contributed by atoms with E-state index in [0.29, 0.717) is 5.56 Å². The molecule has 9 heteroatoms. The highest BCUT2D eigenvalue weighted by molar-refractivity contribution is 5.97. The number of nitrogens with one attached hydrogen (secondary N) is 3. The summed E-state index contributed by atoms with van der Waals surface area (Å²) in [5.41, 5.74) is 2.96. The summed E-state index contributed by atoms with van der Waals surface area (Å²) in [4.78, 5) is 52.3. The van der Waals surface area contributed by atoms with E-state index in [0.717, 1.165) is 16.7 Å². The maximum Gasteiger partial charge on any atom is 0.326 e. The van der Waals surface area contributed by atoms with Crippen LogP contribution in [-0.2, 0) is 38.4 Å². The standard InChI is InChI=1S/C36H35N3O6/c40-29-19-16-28(17-20-29)24-32(36(44)45)39-35(43)31(23-27-14-8-3-9-15-27)38-34(42)30(22-26-12-6-2-7-13-26)37-33(41)21-18-25-10-4-1-5-11-25/h1-21,30-32,40H,22-24H2,(H,37,41)(H,38,42)(H,39,43)(H,44,45)/b21-18+/t30-,31-,32-/m0/s1. The SMILES string of the molecule is O=C(/C=C/c1ccccc1)N[C@@H](Cc1ccccc1)C(=O)N[C@@H](Cc1ccccc1)C(=O)N[C@@H](Cc1ccc(O)cc1)C(=O)O. The molecule has 0 heterocycles. The lowest BCUT2D eigenvalue weighted by Crippen LogP contribution is -2.57. The number of benzene rings is 4. The highest BCUT2D eigenvalue weighted by atomic mass is 16.4. The van der Waals surface area contributed by atoms with Gasteiger partial charge >= 0.3 is 5.97 Å². The van der Waals surface area contributed by atoms with E-state index in [2.05, 4.69) is 16.0 Å². The Labute approximate surface area is 261 Å². The van der Waals surface area contributed by atoms with Crippen LogP contribution in [0.5, 0.6) is 5.75 Å². The molecule has 230 valence electrons. The Morgan fingerprint density at radius 3 is 1.49 bits per heavy atom. The fraction of sp³-hybridized carbons (Fsp3) is 0.167. The first-order valence-corrected chi connectivity index (χ1v) is 14.5. The fourth-order valence-corrected chi connectivity index (χ4v) is 4.69. The number of rotatable bonds is 14. The summed E-state index contributed by atoms with van der Waals surface area (Å²) in [5, 5.41) is 27.5. The Hall–Kier alpha value is -5.70. The Morgan fingerprint density at radius 1 is 0.556 bits per heavy atom. The first-order valence-electron chi connectivity index (χ1n) is 14.5. The number of aliphatic carboxylic acids is 1. The van der Waals surface area contributed by atoms with E-state index < -0.39 is 41.8 Å². The molecule has 0 aliphatic carbocycles. The van der Waals surface area contributed by atoms with Gasteiger partial charge in [-0.1, -0.05) is 103 Å². The van der Waals surface area contributed by atoms with E-state index in [9.17, 15) is 29.4 Å². The van der Waals surface area contributed by atoms with E-state index in [-0.39, 0.29) is 25.0 Å². The monoisotopic (exact) mass is 605 g/mol. The lowest BCUT2D eigenvalue weighted by atomic mass is 10.0. The zero-order valence-electron chi connectivity index (χ0n) is 24.5. The highest BCUT2D eigenvalue weighted by Crippen LogP contribution is 2.13. The molecule has 9 nitrogen and oxygen atoms in total. The van der Waals surface area contributed by atoms with E-state index >= 15 is 0 Å². The molecule has 0 saturated carbocycles. The van der Waals surface area contributed by atoms with Crippen molar-refractivity contribution in [3.8, 4) is 5.75 Å². The molecule has 3 atom stereocenters. The molecular weight excluding hydrogens is 570 g/mol. The van der Waals surface area contributed by atoms with Gasteiger partial charge in [-0.05, 0) is 40.5 Å². The van der Waals surface area contributed by atoms with Crippen molar-refractivity contribution in [1.82, 2.24) is 16.0 Å². The molecule has 0 spiro atoms. The number of phenolic OH excluding ortho intramolecular Hbond substituents is 1. The predicted octanol–water partition coefficient (Wildman–Crippen LogP) is 3.67. The molecule has 0 saturated heterocycles. The molecule has 0 bridgehead atoms. The molecule has 0 unspecified atom stereocenters. The summed E-state index contributed by atoms with van der Waals surface area (Å²) >= 11 is 0. The number of aromatic hydroxyl groups is 1. The van der Waals surface area contributed by atoms with Crippen molar-refractivity contribution in [2.45, 2.75) is 37.4 Å². The number of carbonyl (C=O) groups excluding carboxylic acids is 3. The van der Waals surface area contributed by atoms with Crippen molar-refractivity contribution >= 4 is 29.8 Å². The average Bonchev–Trinajstić information content (AvgIpc) is 3.05. The van der Waals surface area contributed by atoms with Crippen molar-refractivity contribution in [1.29, 1.82) is 0 Å². The van der Waals surface area contributed by atoms with E-state index in [1.165, 1.54) is 18.2 Å². The summed E-state index contributed by atoms with van der Waals surface area (Å²) in [6.45, 7) is 0. The largest absolute Gasteiger partial charge is 0.508 e. The van der Waals surface area contributed by atoms with E-state index in [1.807, 2.05) is 66.7 Å². The summed E-state index contributed by atoms with van der Waals surface area (Å²) in [6, 6.07) is 30.0. The van der Waals surface area contributed by atoms with Crippen molar-refractivity contribution in [2.24, 2.45) is 0 Å². The van der Waals surface area contributed by atoms with Crippen LogP contribution in [0.1, 0.15) is 22.3 Å². The van der Waals surface area contributed by atoms with Gasteiger partial charge in [-0.15, -0.1) is 0 Å². The van der Waals surface area contributed by atoms with Crippen LogP contribution < -0.4 is 16.0 Å². The molecule has 4 aromatic carbocycles. The van der Waals surface area contributed by atoms with Crippen LogP contribution in [-0.4, -0.2) is 52.0 Å². The summed E-state index contributed by atoms with van der Waals surface area (Å²) in [5.74, 6) is -2.98. The Morgan fingerprint density at radius 2 is 0.978 bits per heavy atom. The van der Waals surface area contributed by atoms with E-state index in [4.69, 9.17) is 0 Å². The van der Waals surface area contributed by atoms with Gasteiger partial charge in [0.1, 0.15) is 23.9 Å². The predicted molar refractivity (Wildman–Crippen MR) is 171 cm³/mol. The molecule has 4 rings (SSSR count). The first kappa shape index (κ1) is 32.2. The summed E-state index contributed by atoms with van der Waals surface area (Å²) < 4.78 is 0. The lowest BCUT2D eigenvalue weighted by Gasteiger charge is -2.25. The molecule has 5 N–H and O–H groups in total. The van der Waals surface area contributed by atoms with Crippen LogP contribution >= 0.6 is 0 Å². The molecular formula is C36H35N3O6. The smallest absolute Gasteiger partial charge is 0.326 e. The maximum absolute atomic E-state index is 13.7. The number of carboxylic acid groups (broad SMARTS) is 1. The zero-order valence-corrected chi connectivity index (χ0v) is 24.5. The van der Waals surface area contributed by atoms with Gasteiger partial charge in [0.15, 0.2) is 0 Å². The van der Waals surface area contributed by atoms with Crippen molar-refractivity contribution in [3.63, 3.8) is 0 Å². The van der Waals surface area contributed by atoms with Gasteiger partial charge in [0, 0.05) is 25.3 Å². The Balaban J connectivity index is 1.54. The minimum Gasteiger partial charge on any atom is -0.508 e. The molecule has 0 fully saturated rings. The van der Waals surface area contributed by atoms with Gasteiger partial charge in [-0.3, -0.25) is 14.4 Å². The molecule has 4 aromatic rings. The molecule has 45 heavy (non-hydrogen) atoms. The molecule has 0 aromatic heterocycles. The minimum atomic E-state index is -1.29. The molecule has 0 aliphatic heterocycles. The molecule has 0 aliphatic rings. The number of amides is 3. The van der Waals surface area contributed by atoms with Gasteiger partial charge in [0.25, 0.3) is 0 Å². The molecule has 3 amide bonds. The summed E-state index contributed by atoms with van der Waals surface area (Å²) in [6.07, 6.45) is 3.20. The van der Waals surface area contributed by atoms with Gasteiger partial charge in [0.2, 0.25) is 17.7 Å². The van der Waals surface area contributed by atoms with Crippen LogP contribution in [0.3, 0.4) is 0 Å². The topological polar surface area (TPSA) is 145 Å². The Kier molecular flexibility index (Phi) is 11.6. The van der Waals surface area contributed by atoms with Gasteiger partial charge < -0.3 is 26.2 Å². The number of hydrogen-bond donors (Lipinski definition) is 5. The third-order valence-corrected chi connectivity index (χ3v) is 7.05. The van der Waals surface area contributed by atoms with Crippen molar-refractivity contribution < 1.29 is 29.4 Å². The lowest BCUT2D eigenvalue weighted by molar-refractivity contribution is -0.142. The third-order valence-electron chi connectivity index (χ3n) is 7.05. The maximum atomic E-state index is 13.7. The quantitative estimate of drug-likeness (QED) is 0.139. The van der Waals surface area contributed by atoms with Crippen molar-refractivity contribution in [2.75, 3.05) is 0 Å². The third kappa shape index (κ3) is 10.5. The second kappa shape index (κ2) is 16.2. The molecule has 0 radical (unpaired) electrons. The van der Waals surface area contributed by atoms with Gasteiger partial charge in [-0.25, -0.2) is 4.79 Å². The normalized spacial score (nSPS) is 12.9. The fourth-order valence-electron chi connectivity index (χ4n) is 4.69. The summed E-state index contributed by atoms with van der Waals surface area (Å²) in [7, 11) is 0. The minimum absolute atomic E-state index is 0.0339. The Bertz CT molecular complexity index is 1590. The zero-order chi connectivity index (χ0) is 32.0. The number of carboxylic acids is 1. The van der Waals surface area contributed by atoms with Crippen LogP contribution in [0.2, 0.25) is 0 Å². The van der Waals surface area contributed by atoms with Gasteiger partial charge in [0.05, 0.1) is 0 Å². The van der Waals surface area contributed by atoms with Crippen molar-refractivity contribution in [3.05, 3.63) is 144 Å². The second-order valence-electron chi connectivity index (χ2n) is 10.5. The average molecular weight is 606 g/mol. The number of hydrogen-bond acceptors (Lipinski definition) is 5. The van der Waals surface area contributed by atoms with Crippen LogP contribution in [0.15, 0.2) is 121 Å². The van der Waals surface area contributed by atoms with Crippen LogP contribution in [0, 0.1) is 0 Å².